The summed E-state index contributed by atoms with van der Waals surface area (Å²) in [5.41, 5.74) is -1.05. The summed E-state index contributed by atoms with van der Waals surface area (Å²) in [6.07, 6.45) is 0. The molecular weight excluding hydrogens is 453 g/mol. The lowest BCUT2D eigenvalue weighted by atomic mass is 10.2. The van der Waals surface area contributed by atoms with Gasteiger partial charge in [0.15, 0.2) is 22.3 Å². The first-order valence-electron chi connectivity index (χ1n) is 9.46. The molecule has 1 heterocycles. The smallest absolute Gasteiger partial charge is 0.289 e. The summed E-state index contributed by atoms with van der Waals surface area (Å²) < 4.78 is 67.0. The molecule has 0 radical (unpaired) electrons. The number of benzene rings is 2. The maximum absolute atomic E-state index is 13.8. The number of carbonyl (C=O) groups is 1. The van der Waals surface area contributed by atoms with Crippen molar-refractivity contribution in [1.82, 2.24) is 9.21 Å². The Morgan fingerprint density at radius 2 is 1.69 bits per heavy atom. The number of sulfonamides is 1. The van der Waals surface area contributed by atoms with Crippen LogP contribution in [-0.2, 0) is 14.8 Å². The number of hydrogen-bond acceptors (Lipinski definition) is 6. The molecule has 2 aromatic rings. The molecular formula is C19H19F3N4O5S. The van der Waals surface area contributed by atoms with E-state index >= 15 is 0 Å². The number of carbonyl (C=O) groups excluding carboxylic acids is 1. The van der Waals surface area contributed by atoms with E-state index in [1.807, 2.05) is 0 Å². The molecule has 1 N–H and O–H groups in total. The monoisotopic (exact) mass is 472 g/mol. The van der Waals surface area contributed by atoms with Gasteiger partial charge in [-0.15, -0.1) is 0 Å². The normalized spacial score (nSPS) is 16.5. The van der Waals surface area contributed by atoms with Gasteiger partial charge in [0.25, 0.3) is 5.69 Å². The number of nitrogens with zero attached hydrogens (tertiary/aromatic N) is 3. The summed E-state index contributed by atoms with van der Waals surface area (Å²) in [6.45, 7) is 1.67. The van der Waals surface area contributed by atoms with Crippen molar-refractivity contribution in [3.8, 4) is 0 Å². The molecule has 1 aliphatic rings. The van der Waals surface area contributed by atoms with Crippen LogP contribution in [0, 0.1) is 27.6 Å². The number of rotatable bonds is 6. The molecule has 0 saturated carbocycles. The summed E-state index contributed by atoms with van der Waals surface area (Å²) in [4.78, 5) is 24.1. The Kier molecular flexibility index (Phi) is 6.81. The second-order valence-corrected chi connectivity index (χ2v) is 8.96. The first kappa shape index (κ1) is 23.6. The highest BCUT2D eigenvalue weighted by atomic mass is 32.2. The van der Waals surface area contributed by atoms with E-state index in [1.54, 1.807) is 4.90 Å². The molecule has 13 heteroatoms. The molecule has 1 atom stereocenters. The van der Waals surface area contributed by atoms with Gasteiger partial charge in [-0.25, -0.2) is 21.6 Å². The molecule has 0 aromatic heterocycles. The van der Waals surface area contributed by atoms with Crippen LogP contribution in [0.25, 0.3) is 0 Å². The zero-order valence-electron chi connectivity index (χ0n) is 16.8. The van der Waals surface area contributed by atoms with E-state index in [9.17, 15) is 36.5 Å². The highest BCUT2D eigenvalue weighted by molar-refractivity contribution is 7.89. The van der Waals surface area contributed by atoms with Crippen molar-refractivity contribution in [2.45, 2.75) is 17.9 Å². The summed E-state index contributed by atoms with van der Waals surface area (Å²) >= 11 is 0. The molecule has 1 amide bonds. The van der Waals surface area contributed by atoms with Gasteiger partial charge in [-0.2, -0.15) is 4.31 Å². The highest BCUT2D eigenvalue weighted by Gasteiger charge is 2.35. The third-order valence-electron chi connectivity index (χ3n) is 5.17. The molecule has 9 nitrogen and oxygen atoms in total. The number of halogens is 3. The van der Waals surface area contributed by atoms with Crippen LogP contribution in [0.5, 0.6) is 0 Å². The van der Waals surface area contributed by atoms with Crippen LogP contribution >= 0.6 is 0 Å². The Bertz CT molecular complexity index is 1150. The third kappa shape index (κ3) is 4.59. The lowest BCUT2D eigenvalue weighted by molar-refractivity contribution is -0.387. The number of nitro groups is 1. The van der Waals surface area contributed by atoms with Gasteiger partial charge < -0.3 is 5.32 Å². The van der Waals surface area contributed by atoms with E-state index in [-0.39, 0.29) is 26.2 Å². The van der Waals surface area contributed by atoms with Gasteiger partial charge >= 0.3 is 0 Å². The van der Waals surface area contributed by atoms with Crippen molar-refractivity contribution in [2.24, 2.45) is 0 Å². The fourth-order valence-electron chi connectivity index (χ4n) is 3.32. The number of piperazine rings is 1. The summed E-state index contributed by atoms with van der Waals surface area (Å²) in [7, 11) is -4.13. The Hall–Kier alpha value is -3.03. The van der Waals surface area contributed by atoms with Crippen LogP contribution in [-0.4, -0.2) is 60.7 Å². The zero-order valence-corrected chi connectivity index (χ0v) is 17.6. The van der Waals surface area contributed by atoms with E-state index in [1.165, 1.54) is 19.1 Å². The average Bonchev–Trinajstić information content (AvgIpc) is 2.79. The fourth-order valence-corrected chi connectivity index (χ4v) is 4.90. The van der Waals surface area contributed by atoms with Crippen molar-refractivity contribution in [3.05, 3.63) is 64.0 Å². The Morgan fingerprint density at radius 1 is 1.06 bits per heavy atom. The van der Waals surface area contributed by atoms with Gasteiger partial charge in [-0.05, 0) is 25.1 Å². The van der Waals surface area contributed by atoms with Crippen molar-refractivity contribution in [1.29, 1.82) is 0 Å². The van der Waals surface area contributed by atoms with Crippen molar-refractivity contribution in [3.63, 3.8) is 0 Å². The summed E-state index contributed by atoms with van der Waals surface area (Å²) in [5.74, 6) is -5.30. The first-order valence-corrected chi connectivity index (χ1v) is 10.9. The second kappa shape index (κ2) is 9.22. The zero-order chi connectivity index (χ0) is 23.6. The lowest BCUT2D eigenvalue weighted by Gasteiger charge is -2.36. The lowest BCUT2D eigenvalue weighted by Crippen LogP contribution is -2.54. The number of nitro benzene ring substituents is 1. The molecule has 1 fully saturated rings. The SMILES string of the molecule is C[C@H](C(=O)Nc1ccc(F)c(F)c1F)N1CCN(S(=O)(=O)c2ccccc2[N+](=O)[O-])CC1. The van der Waals surface area contributed by atoms with Gasteiger partial charge in [0.2, 0.25) is 15.9 Å². The minimum atomic E-state index is -4.13. The van der Waals surface area contributed by atoms with Crippen LogP contribution in [0.3, 0.4) is 0 Å². The molecule has 3 rings (SSSR count). The molecule has 32 heavy (non-hydrogen) atoms. The van der Waals surface area contributed by atoms with Crippen LogP contribution in [0.4, 0.5) is 24.5 Å². The largest absolute Gasteiger partial charge is 0.322 e. The number of hydrogen-bond donors (Lipinski definition) is 1. The molecule has 0 unspecified atom stereocenters. The highest BCUT2D eigenvalue weighted by Crippen LogP contribution is 2.27. The minimum absolute atomic E-state index is 0.0362. The molecule has 0 bridgehead atoms. The van der Waals surface area contributed by atoms with Gasteiger partial charge in [0.1, 0.15) is 0 Å². The quantitative estimate of drug-likeness (QED) is 0.392. The van der Waals surface area contributed by atoms with E-state index < -0.39 is 60.6 Å². The Balaban J connectivity index is 1.67. The van der Waals surface area contributed by atoms with E-state index in [4.69, 9.17) is 0 Å². The number of para-hydroxylation sites is 1. The number of nitrogens with one attached hydrogen (secondary N) is 1. The summed E-state index contributed by atoms with van der Waals surface area (Å²) in [6, 6.07) is 5.77. The molecule has 2 aromatic carbocycles. The molecule has 0 spiro atoms. The molecule has 1 saturated heterocycles. The van der Waals surface area contributed by atoms with Crippen molar-refractivity contribution in [2.75, 3.05) is 31.5 Å². The first-order chi connectivity index (χ1) is 15.0. The Morgan fingerprint density at radius 3 is 2.31 bits per heavy atom. The van der Waals surface area contributed by atoms with Crippen molar-refractivity contribution < 1.29 is 31.3 Å². The van der Waals surface area contributed by atoms with E-state index in [2.05, 4.69) is 5.32 Å². The van der Waals surface area contributed by atoms with Gasteiger partial charge in [-0.1, -0.05) is 12.1 Å². The van der Waals surface area contributed by atoms with Crippen molar-refractivity contribution >= 4 is 27.3 Å². The number of amides is 1. The molecule has 172 valence electrons. The maximum atomic E-state index is 13.8. The van der Waals surface area contributed by atoms with Gasteiger partial charge in [-0.3, -0.25) is 19.8 Å². The predicted molar refractivity (Wildman–Crippen MR) is 108 cm³/mol. The molecule has 1 aliphatic heterocycles. The standard InChI is InChI=1S/C19H19F3N4O5S/c1-12(19(27)23-14-7-6-13(20)17(21)18(14)22)24-8-10-25(11-9-24)32(30,31)16-5-3-2-4-15(16)26(28)29/h2-7,12H,8-11H2,1H3,(H,23,27)/t12-/m1/s1. The van der Waals surface area contributed by atoms with E-state index in [0.717, 1.165) is 22.5 Å². The van der Waals surface area contributed by atoms with Crippen LogP contribution in [0.15, 0.2) is 41.3 Å². The van der Waals surface area contributed by atoms with Gasteiger partial charge in [0, 0.05) is 32.2 Å². The number of anilines is 1. The molecule has 0 aliphatic carbocycles. The maximum Gasteiger partial charge on any atom is 0.289 e. The fraction of sp³-hybridized carbons (Fsp3) is 0.316. The second-order valence-electron chi connectivity index (χ2n) is 7.05. The topological polar surface area (TPSA) is 113 Å². The minimum Gasteiger partial charge on any atom is -0.322 e. The average molecular weight is 472 g/mol. The predicted octanol–water partition coefficient (Wildman–Crippen LogP) is 2.35. The Labute approximate surface area is 181 Å². The van der Waals surface area contributed by atoms with Crippen LogP contribution < -0.4 is 5.32 Å². The van der Waals surface area contributed by atoms with E-state index in [0.29, 0.717) is 6.07 Å². The van der Waals surface area contributed by atoms with Crippen LogP contribution in [0.2, 0.25) is 0 Å². The van der Waals surface area contributed by atoms with Crippen LogP contribution in [0.1, 0.15) is 6.92 Å². The summed E-state index contributed by atoms with van der Waals surface area (Å²) in [5, 5.41) is 13.4. The van der Waals surface area contributed by atoms with Gasteiger partial charge in [0.05, 0.1) is 16.7 Å². The third-order valence-corrected chi connectivity index (χ3v) is 7.12.